The molecule has 1 aromatic rings. The van der Waals surface area contributed by atoms with E-state index < -0.39 is 0 Å². The minimum atomic E-state index is -0.139. The molecule has 2 atom stereocenters. The second kappa shape index (κ2) is 7.02. The van der Waals surface area contributed by atoms with Gasteiger partial charge >= 0.3 is 0 Å². The van der Waals surface area contributed by atoms with E-state index in [1.54, 1.807) is 0 Å². The standard InChI is InChI=1S/C16H22O2/c1-12(2)13(3)18-15(5)14(4)17-11-16-9-7-6-8-10-16/h6-10,13,15H,1,4,11H2,2-3,5H3/t13?,15-/m0/s1. The Balaban J connectivity index is 2.39. The third-order valence-corrected chi connectivity index (χ3v) is 2.82. The maximum Gasteiger partial charge on any atom is 0.118 e. The van der Waals surface area contributed by atoms with Crippen molar-refractivity contribution in [1.82, 2.24) is 0 Å². The van der Waals surface area contributed by atoms with Crippen LogP contribution in [0, 0.1) is 0 Å². The van der Waals surface area contributed by atoms with Gasteiger partial charge < -0.3 is 9.47 Å². The molecular formula is C16H22O2. The molecule has 1 aromatic carbocycles. The average Bonchev–Trinajstić information content (AvgIpc) is 2.36. The largest absolute Gasteiger partial charge is 0.491 e. The Labute approximate surface area is 110 Å². The fourth-order valence-corrected chi connectivity index (χ4v) is 1.37. The smallest absolute Gasteiger partial charge is 0.118 e. The van der Waals surface area contributed by atoms with Gasteiger partial charge in [0, 0.05) is 0 Å². The zero-order chi connectivity index (χ0) is 13.5. The third-order valence-electron chi connectivity index (χ3n) is 2.82. The number of benzene rings is 1. The minimum absolute atomic E-state index is 0.0112. The van der Waals surface area contributed by atoms with E-state index in [-0.39, 0.29) is 12.2 Å². The quantitative estimate of drug-likeness (QED) is 0.533. The van der Waals surface area contributed by atoms with E-state index in [4.69, 9.17) is 9.47 Å². The Hall–Kier alpha value is -1.54. The second-order valence-corrected chi connectivity index (χ2v) is 4.51. The van der Waals surface area contributed by atoms with Crippen molar-refractivity contribution in [2.75, 3.05) is 0 Å². The molecule has 2 nitrogen and oxygen atoms in total. The number of rotatable bonds is 7. The lowest BCUT2D eigenvalue weighted by Gasteiger charge is -2.21. The maximum atomic E-state index is 5.74. The van der Waals surface area contributed by atoms with E-state index in [9.17, 15) is 0 Å². The van der Waals surface area contributed by atoms with Crippen molar-refractivity contribution < 1.29 is 9.47 Å². The van der Waals surface area contributed by atoms with Crippen molar-refractivity contribution in [3.05, 3.63) is 60.4 Å². The number of hydrogen-bond acceptors (Lipinski definition) is 2. The summed E-state index contributed by atoms with van der Waals surface area (Å²) in [6.45, 7) is 14.2. The molecule has 0 spiro atoms. The SMILES string of the molecule is C=C(C)C(C)O[C@@H](C)C(=C)OCc1ccccc1. The lowest BCUT2D eigenvalue weighted by atomic mass is 10.2. The molecule has 0 aliphatic heterocycles. The van der Waals surface area contributed by atoms with Gasteiger partial charge in [-0.25, -0.2) is 0 Å². The van der Waals surface area contributed by atoms with E-state index in [0.717, 1.165) is 11.1 Å². The zero-order valence-corrected chi connectivity index (χ0v) is 11.5. The van der Waals surface area contributed by atoms with Crippen molar-refractivity contribution in [3.63, 3.8) is 0 Å². The summed E-state index contributed by atoms with van der Waals surface area (Å²) in [4.78, 5) is 0. The van der Waals surface area contributed by atoms with Gasteiger partial charge in [-0.05, 0) is 26.3 Å². The highest BCUT2D eigenvalue weighted by Gasteiger charge is 2.13. The molecule has 98 valence electrons. The fraction of sp³-hybridized carbons (Fsp3) is 0.375. The molecular weight excluding hydrogens is 224 g/mol. The monoisotopic (exact) mass is 246 g/mol. The first-order chi connectivity index (χ1) is 8.50. The van der Waals surface area contributed by atoms with Crippen LogP contribution in [-0.2, 0) is 16.1 Å². The van der Waals surface area contributed by atoms with Crippen LogP contribution in [0.4, 0.5) is 0 Å². The Morgan fingerprint density at radius 1 is 1.11 bits per heavy atom. The topological polar surface area (TPSA) is 18.5 Å². The molecule has 2 heteroatoms. The predicted octanol–water partition coefficient (Wildman–Crippen LogP) is 4.09. The summed E-state index contributed by atoms with van der Waals surface area (Å²) in [5, 5.41) is 0. The first-order valence-corrected chi connectivity index (χ1v) is 6.17. The van der Waals surface area contributed by atoms with Crippen molar-refractivity contribution in [2.24, 2.45) is 0 Å². The van der Waals surface area contributed by atoms with Gasteiger partial charge in [-0.1, -0.05) is 49.1 Å². The number of hydrogen-bond donors (Lipinski definition) is 0. The fourth-order valence-electron chi connectivity index (χ4n) is 1.37. The molecule has 1 rings (SSSR count). The Morgan fingerprint density at radius 3 is 2.28 bits per heavy atom. The van der Waals surface area contributed by atoms with Crippen LogP contribution in [0.3, 0.4) is 0 Å². The summed E-state index contributed by atoms with van der Waals surface area (Å²) in [5.41, 5.74) is 2.12. The second-order valence-electron chi connectivity index (χ2n) is 4.51. The van der Waals surface area contributed by atoms with E-state index in [1.807, 2.05) is 51.1 Å². The van der Waals surface area contributed by atoms with Gasteiger partial charge in [0.1, 0.15) is 18.5 Å². The zero-order valence-electron chi connectivity index (χ0n) is 11.5. The van der Waals surface area contributed by atoms with Crippen LogP contribution in [0.25, 0.3) is 0 Å². The van der Waals surface area contributed by atoms with Gasteiger partial charge in [-0.3, -0.25) is 0 Å². The highest BCUT2D eigenvalue weighted by atomic mass is 16.5. The molecule has 0 saturated carbocycles. The Morgan fingerprint density at radius 2 is 1.72 bits per heavy atom. The first-order valence-electron chi connectivity index (χ1n) is 6.17. The molecule has 0 aliphatic carbocycles. The number of ether oxygens (including phenoxy) is 2. The van der Waals surface area contributed by atoms with E-state index >= 15 is 0 Å². The Kier molecular flexibility index (Phi) is 5.66. The van der Waals surface area contributed by atoms with Gasteiger partial charge in [0.2, 0.25) is 0 Å². The first kappa shape index (κ1) is 14.5. The summed E-state index contributed by atoms with van der Waals surface area (Å²) in [7, 11) is 0. The molecule has 0 aromatic heterocycles. The van der Waals surface area contributed by atoms with Crippen molar-refractivity contribution in [1.29, 1.82) is 0 Å². The predicted molar refractivity (Wildman–Crippen MR) is 75.2 cm³/mol. The summed E-state index contributed by atoms with van der Waals surface area (Å²) < 4.78 is 11.4. The molecule has 0 amide bonds. The van der Waals surface area contributed by atoms with E-state index in [0.29, 0.717) is 12.4 Å². The van der Waals surface area contributed by atoms with Gasteiger partial charge in [0.15, 0.2) is 0 Å². The van der Waals surface area contributed by atoms with Crippen molar-refractivity contribution in [3.8, 4) is 0 Å². The molecule has 0 N–H and O–H groups in total. The molecule has 0 fully saturated rings. The van der Waals surface area contributed by atoms with Gasteiger partial charge in [-0.15, -0.1) is 0 Å². The minimum Gasteiger partial charge on any atom is -0.491 e. The third kappa shape index (κ3) is 4.76. The van der Waals surface area contributed by atoms with Crippen molar-refractivity contribution >= 4 is 0 Å². The van der Waals surface area contributed by atoms with Crippen LogP contribution in [0.2, 0.25) is 0 Å². The summed E-state index contributed by atoms with van der Waals surface area (Å²) >= 11 is 0. The lowest BCUT2D eigenvalue weighted by Crippen LogP contribution is -2.20. The van der Waals surface area contributed by atoms with Gasteiger partial charge in [0.05, 0.1) is 6.10 Å². The van der Waals surface area contributed by atoms with Gasteiger partial charge in [0.25, 0.3) is 0 Å². The van der Waals surface area contributed by atoms with Crippen LogP contribution in [0.5, 0.6) is 0 Å². The van der Waals surface area contributed by atoms with Gasteiger partial charge in [-0.2, -0.15) is 0 Å². The summed E-state index contributed by atoms with van der Waals surface area (Å²) in [6, 6.07) is 10.0. The van der Waals surface area contributed by atoms with Crippen LogP contribution in [0.1, 0.15) is 26.3 Å². The molecule has 0 radical (unpaired) electrons. The van der Waals surface area contributed by atoms with Crippen LogP contribution in [0.15, 0.2) is 54.8 Å². The molecule has 0 bridgehead atoms. The molecule has 0 aliphatic rings. The average molecular weight is 246 g/mol. The summed E-state index contributed by atoms with van der Waals surface area (Å²) in [5.74, 6) is 0.645. The lowest BCUT2D eigenvalue weighted by molar-refractivity contribution is 0.00878. The van der Waals surface area contributed by atoms with Crippen LogP contribution in [-0.4, -0.2) is 12.2 Å². The van der Waals surface area contributed by atoms with E-state index in [1.165, 1.54) is 0 Å². The van der Waals surface area contributed by atoms with E-state index in [2.05, 4.69) is 13.2 Å². The maximum absolute atomic E-state index is 5.74. The molecule has 0 heterocycles. The highest BCUT2D eigenvalue weighted by molar-refractivity contribution is 5.14. The highest BCUT2D eigenvalue weighted by Crippen LogP contribution is 2.14. The Bertz CT molecular complexity index is 395. The van der Waals surface area contributed by atoms with Crippen LogP contribution < -0.4 is 0 Å². The molecule has 1 unspecified atom stereocenters. The molecule has 18 heavy (non-hydrogen) atoms. The summed E-state index contributed by atoms with van der Waals surface area (Å²) in [6.07, 6.45) is -0.127. The molecule has 0 saturated heterocycles. The van der Waals surface area contributed by atoms with Crippen molar-refractivity contribution in [2.45, 2.75) is 39.6 Å². The normalized spacial score (nSPS) is 13.7. The van der Waals surface area contributed by atoms with Crippen LogP contribution >= 0.6 is 0 Å².